The molecule has 9 heteroatoms. The average molecular weight is 259 g/mol. The van der Waals surface area contributed by atoms with Crippen molar-refractivity contribution in [3.63, 3.8) is 0 Å². The van der Waals surface area contributed by atoms with Gasteiger partial charge in [-0.1, -0.05) is 0 Å². The quantitative estimate of drug-likeness (QED) is 0.362. The smallest absolute Gasteiger partial charge is 0.269 e. The molecule has 1 aromatic rings. The van der Waals surface area contributed by atoms with E-state index in [1.807, 2.05) is 0 Å². The first-order valence-electron chi connectivity index (χ1n) is 3.70. The first kappa shape index (κ1) is 12.7. The van der Waals surface area contributed by atoms with Crippen LogP contribution in [0.3, 0.4) is 0 Å². The molecule has 0 aliphatic carbocycles. The van der Waals surface area contributed by atoms with E-state index in [0.29, 0.717) is 0 Å². The van der Waals surface area contributed by atoms with Crippen LogP contribution in [0.15, 0.2) is 0 Å². The largest absolute Gasteiger partial charge is 0.394 e. The first-order chi connectivity index (χ1) is 7.15. The van der Waals surface area contributed by atoms with Crippen LogP contribution in [0.5, 0.6) is 0 Å². The molecular weight excluding hydrogens is 254 g/mol. The fourth-order valence-corrected chi connectivity index (χ4v) is 1.62. The predicted octanol–water partition coefficient (Wildman–Crippen LogP) is 1.21. The lowest BCUT2D eigenvalue weighted by molar-refractivity contribution is 0.441. The molecule has 1 aromatic carbocycles. The Bertz CT molecular complexity index is 514. The highest BCUT2D eigenvalue weighted by Gasteiger charge is 2.26. The maximum absolute atomic E-state index is 13.0. The fourth-order valence-electron chi connectivity index (χ4n) is 1.00. The predicted molar refractivity (Wildman–Crippen MR) is 45.9 cm³/mol. The van der Waals surface area contributed by atoms with Gasteiger partial charge in [0.05, 0.1) is 0 Å². The van der Waals surface area contributed by atoms with Gasteiger partial charge in [-0.2, -0.15) is 8.42 Å². The van der Waals surface area contributed by atoms with E-state index in [1.165, 1.54) is 0 Å². The molecule has 0 spiro atoms. The Morgan fingerprint density at radius 2 is 1.38 bits per heavy atom. The second-order valence-electron chi connectivity index (χ2n) is 2.87. The van der Waals surface area contributed by atoms with Gasteiger partial charge in [-0.05, 0) is 0 Å². The van der Waals surface area contributed by atoms with Crippen LogP contribution in [-0.4, -0.2) is 13.0 Å². The second-order valence-corrected chi connectivity index (χ2v) is 4.33. The van der Waals surface area contributed by atoms with Crippen molar-refractivity contribution in [2.75, 3.05) is 5.73 Å². The topological polar surface area (TPSA) is 80.4 Å². The van der Waals surface area contributed by atoms with Crippen molar-refractivity contribution in [1.82, 2.24) is 0 Å². The van der Waals surface area contributed by atoms with E-state index in [4.69, 9.17) is 4.55 Å². The van der Waals surface area contributed by atoms with Gasteiger partial charge in [0.25, 0.3) is 10.1 Å². The van der Waals surface area contributed by atoms with E-state index in [-0.39, 0.29) is 0 Å². The number of rotatable bonds is 2. The second kappa shape index (κ2) is 3.91. The van der Waals surface area contributed by atoms with Gasteiger partial charge in [0.2, 0.25) is 0 Å². The first-order valence-corrected chi connectivity index (χ1v) is 5.31. The summed E-state index contributed by atoms with van der Waals surface area (Å²) in [6, 6.07) is 0. The Balaban J connectivity index is 3.52. The van der Waals surface area contributed by atoms with Crippen LogP contribution < -0.4 is 5.73 Å². The minimum atomic E-state index is -4.82. The van der Waals surface area contributed by atoms with Gasteiger partial charge in [-0.3, -0.25) is 4.55 Å². The number of halogens is 4. The fraction of sp³-hybridized carbons (Fsp3) is 0.143. The lowest BCUT2D eigenvalue weighted by Gasteiger charge is -2.07. The van der Waals surface area contributed by atoms with Crippen molar-refractivity contribution in [1.29, 1.82) is 0 Å². The minimum Gasteiger partial charge on any atom is -0.394 e. The summed E-state index contributed by atoms with van der Waals surface area (Å²) in [5.74, 6) is -9.29. The van der Waals surface area contributed by atoms with Crippen LogP contribution in [-0.2, 0) is 15.9 Å². The molecule has 90 valence electrons. The zero-order valence-corrected chi connectivity index (χ0v) is 8.28. The summed E-state index contributed by atoms with van der Waals surface area (Å²) in [7, 11) is -4.82. The molecule has 1 rings (SSSR count). The van der Waals surface area contributed by atoms with Gasteiger partial charge in [0.15, 0.2) is 23.3 Å². The third-order valence-electron chi connectivity index (χ3n) is 1.71. The van der Waals surface area contributed by atoms with Crippen LogP contribution in [0.1, 0.15) is 5.56 Å². The Kier molecular flexibility index (Phi) is 3.10. The molecule has 3 N–H and O–H groups in total. The molecule has 4 nitrogen and oxygen atoms in total. The van der Waals surface area contributed by atoms with Crippen molar-refractivity contribution in [3.05, 3.63) is 28.8 Å². The van der Waals surface area contributed by atoms with Crippen molar-refractivity contribution in [2.24, 2.45) is 0 Å². The van der Waals surface area contributed by atoms with Gasteiger partial charge in [0, 0.05) is 5.56 Å². The SMILES string of the molecule is Nc1c(F)c(F)c(CS(=O)(=O)O)c(F)c1F. The molecule has 0 aliphatic heterocycles. The van der Waals surface area contributed by atoms with E-state index in [9.17, 15) is 26.0 Å². The molecular formula is C7H5F4NO3S. The number of hydrogen-bond acceptors (Lipinski definition) is 3. The van der Waals surface area contributed by atoms with Crippen LogP contribution in [0.4, 0.5) is 23.2 Å². The molecule has 0 amide bonds. The number of nitrogen functional groups attached to an aromatic ring is 1. The molecule has 0 aliphatic rings. The number of benzene rings is 1. The standard InChI is InChI=1S/C7H5F4NO3S/c8-3-2(1-16(13,14)15)4(9)6(11)7(12)5(3)10/h1,12H2,(H,13,14,15). The molecule has 0 fully saturated rings. The Hall–Kier alpha value is -1.35. The molecule has 0 heterocycles. The highest BCUT2D eigenvalue weighted by atomic mass is 32.2. The molecule has 0 atom stereocenters. The summed E-state index contributed by atoms with van der Waals surface area (Å²) in [5.41, 5.74) is 1.84. The summed E-state index contributed by atoms with van der Waals surface area (Å²) >= 11 is 0. The van der Waals surface area contributed by atoms with Crippen LogP contribution in [0.2, 0.25) is 0 Å². The van der Waals surface area contributed by atoms with E-state index in [0.717, 1.165) is 0 Å². The van der Waals surface area contributed by atoms with Gasteiger partial charge in [0.1, 0.15) is 11.4 Å². The Morgan fingerprint density at radius 3 is 1.69 bits per heavy atom. The lowest BCUT2D eigenvalue weighted by atomic mass is 10.2. The Morgan fingerprint density at radius 1 is 1.00 bits per heavy atom. The molecule has 0 saturated carbocycles. The van der Waals surface area contributed by atoms with Crippen LogP contribution >= 0.6 is 0 Å². The van der Waals surface area contributed by atoms with Crippen molar-refractivity contribution in [3.8, 4) is 0 Å². The number of anilines is 1. The number of nitrogens with two attached hydrogens (primary N) is 1. The van der Waals surface area contributed by atoms with E-state index in [1.54, 1.807) is 0 Å². The zero-order valence-electron chi connectivity index (χ0n) is 7.47. The third-order valence-corrected chi connectivity index (χ3v) is 2.37. The van der Waals surface area contributed by atoms with Crippen molar-refractivity contribution < 1.29 is 30.5 Å². The highest BCUT2D eigenvalue weighted by Crippen LogP contribution is 2.26. The van der Waals surface area contributed by atoms with Crippen molar-refractivity contribution in [2.45, 2.75) is 5.75 Å². The van der Waals surface area contributed by atoms with Gasteiger partial charge < -0.3 is 5.73 Å². The van der Waals surface area contributed by atoms with E-state index in [2.05, 4.69) is 5.73 Å². The molecule has 0 unspecified atom stereocenters. The van der Waals surface area contributed by atoms with Gasteiger partial charge in [-0.25, -0.2) is 17.6 Å². The third kappa shape index (κ3) is 2.25. The molecule has 0 bridgehead atoms. The van der Waals surface area contributed by atoms with E-state index < -0.39 is 50.4 Å². The molecule has 0 saturated heterocycles. The number of hydrogen-bond donors (Lipinski definition) is 2. The lowest BCUT2D eigenvalue weighted by Crippen LogP contribution is -2.12. The maximum atomic E-state index is 13.0. The zero-order chi connectivity index (χ0) is 12.7. The maximum Gasteiger partial charge on any atom is 0.269 e. The monoisotopic (exact) mass is 259 g/mol. The van der Waals surface area contributed by atoms with Crippen LogP contribution in [0, 0.1) is 23.3 Å². The normalized spacial score (nSPS) is 11.8. The summed E-state index contributed by atoms with van der Waals surface area (Å²) in [4.78, 5) is 0. The molecule has 0 aromatic heterocycles. The molecule has 0 radical (unpaired) electrons. The average Bonchev–Trinajstić information content (AvgIpc) is 2.17. The van der Waals surface area contributed by atoms with Crippen molar-refractivity contribution >= 4 is 15.8 Å². The van der Waals surface area contributed by atoms with E-state index >= 15 is 0 Å². The summed E-state index contributed by atoms with van der Waals surface area (Å²) < 4.78 is 80.7. The minimum absolute atomic E-state index is 1.39. The van der Waals surface area contributed by atoms with Gasteiger partial charge >= 0.3 is 0 Å². The Labute approximate surface area is 87.4 Å². The highest BCUT2D eigenvalue weighted by molar-refractivity contribution is 7.85. The summed E-state index contributed by atoms with van der Waals surface area (Å²) in [5, 5.41) is 0. The van der Waals surface area contributed by atoms with Crippen LogP contribution in [0.25, 0.3) is 0 Å². The molecule has 16 heavy (non-hydrogen) atoms. The van der Waals surface area contributed by atoms with Gasteiger partial charge in [-0.15, -0.1) is 0 Å². The summed E-state index contributed by atoms with van der Waals surface area (Å²) in [6.45, 7) is 0. The summed E-state index contributed by atoms with van der Waals surface area (Å²) in [6.07, 6.45) is 0.